The molecule has 3 aromatic rings. The normalized spacial score (nSPS) is 10.7. The van der Waals surface area contributed by atoms with E-state index in [9.17, 15) is 9.59 Å². The standard InChI is InChI=1S/C17H11Cl3N2O2S/c18-11-3-1-10(2-4-11)15-9-25-17(24)22(15)8-16(23)21-14-6-5-12(19)7-13(14)20/h1-7,9H,8H2,(H,21,23). The Balaban J connectivity index is 1.83. The third-order valence-corrected chi connectivity index (χ3v) is 4.99. The number of amides is 1. The minimum atomic E-state index is -0.361. The molecular weight excluding hydrogens is 403 g/mol. The smallest absolute Gasteiger partial charge is 0.308 e. The van der Waals surface area contributed by atoms with Crippen LogP contribution in [0.1, 0.15) is 0 Å². The van der Waals surface area contributed by atoms with E-state index in [4.69, 9.17) is 34.8 Å². The Morgan fingerprint density at radius 1 is 1.04 bits per heavy atom. The molecular formula is C17H11Cl3N2O2S. The van der Waals surface area contributed by atoms with Crippen molar-refractivity contribution in [3.8, 4) is 11.3 Å². The molecule has 0 aliphatic heterocycles. The number of nitrogens with one attached hydrogen (secondary N) is 1. The van der Waals surface area contributed by atoms with Crippen LogP contribution in [0, 0.1) is 0 Å². The Morgan fingerprint density at radius 2 is 1.72 bits per heavy atom. The van der Waals surface area contributed by atoms with Crippen LogP contribution < -0.4 is 10.2 Å². The van der Waals surface area contributed by atoms with E-state index in [1.165, 1.54) is 10.6 Å². The molecule has 4 nitrogen and oxygen atoms in total. The SMILES string of the molecule is O=C(Cn1c(-c2ccc(Cl)cc2)csc1=O)Nc1ccc(Cl)cc1Cl. The molecule has 1 heterocycles. The van der Waals surface area contributed by atoms with Crippen molar-refractivity contribution in [1.29, 1.82) is 0 Å². The summed E-state index contributed by atoms with van der Waals surface area (Å²) in [4.78, 5) is 24.2. The summed E-state index contributed by atoms with van der Waals surface area (Å²) >= 11 is 18.8. The number of hydrogen-bond donors (Lipinski definition) is 1. The highest BCUT2D eigenvalue weighted by molar-refractivity contribution is 7.07. The van der Waals surface area contributed by atoms with E-state index in [0.29, 0.717) is 26.4 Å². The van der Waals surface area contributed by atoms with Gasteiger partial charge in [-0.05, 0) is 35.9 Å². The molecule has 0 saturated carbocycles. The van der Waals surface area contributed by atoms with Gasteiger partial charge in [0.05, 0.1) is 16.4 Å². The fourth-order valence-electron chi connectivity index (χ4n) is 2.25. The average Bonchev–Trinajstić information content (AvgIpc) is 2.92. The van der Waals surface area contributed by atoms with Gasteiger partial charge < -0.3 is 5.32 Å². The van der Waals surface area contributed by atoms with Crippen LogP contribution in [-0.4, -0.2) is 10.5 Å². The lowest BCUT2D eigenvalue weighted by atomic mass is 10.2. The molecule has 8 heteroatoms. The molecule has 25 heavy (non-hydrogen) atoms. The lowest BCUT2D eigenvalue weighted by Gasteiger charge is -2.10. The second-order valence-corrected chi connectivity index (χ2v) is 7.25. The van der Waals surface area contributed by atoms with Crippen molar-refractivity contribution in [2.24, 2.45) is 0 Å². The second-order valence-electron chi connectivity index (χ2n) is 5.15. The topological polar surface area (TPSA) is 51.1 Å². The molecule has 128 valence electrons. The first-order chi connectivity index (χ1) is 11.9. The number of anilines is 1. The number of nitrogens with zero attached hydrogens (tertiary/aromatic N) is 1. The van der Waals surface area contributed by atoms with Gasteiger partial charge in [-0.15, -0.1) is 0 Å². The summed E-state index contributed by atoms with van der Waals surface area (Å²) in [6.45, 7) is -0.126. The minimum absolute atomic E-state index is 0.126. The number of rotatable bonds is 4. The third-order valence-electron chi connectivity index (χ3n) is 3.43. The Hall–Kier alpha value is -1.79. The summed E-state index contributed by atoms with van der Waals surface area (Å²) in [6, 6.07) is 11.8. The Labute approximate surface area is 162 Å². The van der Waals surface area contributed by atoms with E-state index in [1.807, 2.05) is 0 Å². The maximum atomic E-state index is 12.3. The predicted octanol–water partition coefficient (Wildman–Crippen LogP) is 5.18. The van der Waals surface area contributed by atoms with Gasteiger partial charge in [0.1, 0.15) is 6.54 Å². The zero-order chi connectivity index (χ0) is 18.0. The molecule has 0 radical (unpaired) electrons. The second kappa shape index (κ2) is 7.62. The van der Waals surface area contributed by atoms with Crippen molar-refractivity contribution in [3.63, 3.8) is 0 Å². The van der Waals surface area contributed by atoms with E-state index in [-0.39, 0.29) is 17.3 Å². The number of aromatic nitrogens is 1. The number of carbonyl (C=O) groups excluding carboxylic acids is 1. The van der Waals surface area contributed by atoms with Crippen molar-refractivity contribution >= 4 is 57.7 Å². The van der Waals surface area contributed by atoms with E-state index in [2.05, 4.69) is 5.32 Å². The molecule has 0 fully saturated rings. The minimum Gasteiger partial charge on any atom is -0.323 e. The Bertz CT molecular complexity index is 980. The average molecular weight is 414 g/mol. The number of thiazole rings is 1. The van der Waals surface area contributed by atoms with Crippen LogP contribution in [-0.2, 0) is 11.3 Å². The molecule has 2 aromatic carbocycles. The van der Waals surface area contributed by atoms with Gasteiger partial charge in [0.25, 0.3) is 0 Å². The fraction of sp³-hybridized carbons (Fsp3) is 0.0588. The summed E-state index contributed by atoms with van der Waals surface area (Å²) < 4.78 is 1.41. The first kappa shape index (κ1) is 18.0. The molecule has 1 amide bonds. The van der Waals surface area contributed by atoms with Crippen LogP contribution in [0.3, 0.4) is 0 Å². The van der Waals surface area contributed by atoms with Crippen LogP contribution in [0.15, 0.2) is 52.6 Å². The number of benzene rings is 2. The molecule has 0 saturated heterocycles. The van der Waals surface area contributed by atoms with Crippen LogP contribution >= 0.6 is 46.1 Å². The van der Waals surface area contributed by atoms with E-state index in [0.717, 1.165) is 16.9 Å². The maximum absolute atomic E-state index is 12.3. The van der Waals surface area contributed by atoms with Gasteiger partial charge in [-0.3, -0.25) is 14.2 Å². The molecule has 3 rings (SSSR count). The monoisotopic (exact) mass is 412 g/mol. The van der Waals surface area contributed by atoms with Crippen molar-refractivity contribution in [3.05, 3.63) is 72.6 Å². The lowest BCUT2D eigenvalue weighted by Crippen LogP contribution is -2.25. The molecule has 0 atom stereocenters. The largest absolute Gasteiger partial charge is 0.323 e. The van der Waals surface area contributed by atoms with Gasteiger partial charge in [-0.25, -0.2) is 0 Å². The van der Waals surface area contributed by atoms with Crippen LogP contribution in [0.4, 0.5) is 5.69 Å². The van der Waals surface area contributed by atoms with E-state index < -0.39 is 0 Å². The Morgan fingerprint density at radius 3 is 2.40 bits per heavy atom. The quantitative estimate of drug-likeness (QED) is 0.641. The number of carbonyl (C=O) groups is 1. The highest BCUT2D eigenvalue weighted by Gasteiger charge is 2.14. The molecule has 0 spiro atoms. The maximum Gasteiger partial charge on any atom is 0.308 e. The van der Waals surface area contributed by atoms with E-state index >= 15 is 0 Å². The van der Waals surface area contributed by atoms with Gasteiger partial charge >= 0.3 is 4.87 Å². The molecule has 0 aliphatic carbocycles. The van der Waals surface area contributed by atoms with Crippen LogP contribution in [0.25, 0.3) is 11.3 Å². The molecule has 0 unspecified atom stereocenters. The first-order valence-corrected chi connectivity index (χ1v) is 9.14. The summed E-state index contributed by atoms with van der Waals surface area (Å²) in [7, 11) is 0. The molecule has 1 N–H and O–H groups in total. The first-order valence-electron chi connectivity index (χ1n) is 7.13. The highest BCUT2D eigenvalue weighted by Crippen LogP contribution is 2.26. The molecule has 0 bridgehead atoms. The zero-order valence-corrected chi connectivity index (χ0v) is 15.7. The zero-order valence-electron chi connectivity index (χ0n) is 12.6. The van der Waals surface area contributed by atoms with Gasteiger partial charge in [0.15, 0.2) is 0 Å². The third kappa shape index (κ3) is 4.25. The van der Waals surface area contributed by atoms with Gasteiger partial charge in [0, 0.05) is 15.4 Å². The highest BCUT2D eigenvalue weighted by atomic mass is 35.5. The number of hydrogen-bond acceptors (Lipinski definition) is 3. The summed E-state index contributed by atoms with van der Waals surface area (Å²) in [6.07, 6.45) is 0. The van der Waals surface area contributed by atoms with Crippen molar-refractivity contribution < 1.29 is 4.79 Å². The van der Waals surface area contributed by atoms with Crippen molar-refractivity contribution in [2.45, 2.75) is 6.54 Å². The molecule has 1 aromatic heterocycles. The van der Waals surface area contributed by atoms with Gasteiger partial charge in [-0.1, -0.05) is 58.3 Å². The van der Waals surface area contributed by atoms with Crippen LogP contribution in [0.5, 0.6) is 0 Å². The van der Waals surface area contributed by atoms with E-state index in [1.54, 1.807) is 41.8 Å². The predicted molar refractivity (Wildman–Crippen MR) is 104 cm³/mol. The molecule has 0 aliphatic rings. The van der Waals surface area contributed by atoms with Gasteiger partial charge in [-0.2, -0.15) is 0 Å². The van der Waals surface area contributed by atoms with Crippen molar-refractivity contribution in [2.75, 3.05) is 5.32 Å². The summed E-state index contributed by atoms with van der Waals surface area (Å²) in [5.41, 5.74) is 1.90. The summed E-state index contributed by atoms with van der Waals surface area (Å²) in [5, 5.41) is 5.81. The van der Waals surface area contributed by atoms with Crippen molar-refractivity contribution in [1.82, 2.24) is 4.57 Å². The lowest BCUT2D eigenvalue weighted by molar-refractivity contribution is -0.116. The van der Waals surface area contributed by atoms with Gasteiger partial charge in [0.2, 0.25) is 5.91 Å². The van der Waals surface area contributed by atoms with Crippen LogP contribution in [0.2, 0.25) is 15.1 Å². The Kier molecular flexibility index (Phi) is 5.49. The fourth-order valence-corrected chi connectivity index (χ4v) is 3.60. The number of halogens is 3. The summed E-state index contributed by atoms with van der Waals surface area (Å²) in [5.74, 6) is -0.361.